The highest BCUT2D eigenvalue weighted by atomic mass is 32.2. The van der Waals surface area contributed by atoms with Crippen molar-refractivity contribution in [3.8, 4) is 16.9 Å². The third-order valence-electron chi connectivity index (χ3n) is 7.34. The first-order valence-corrected chi connectivity index (χ1v) is 15.2. The minimum absolute atomic E-state index is 0.0274. The van der Waals surface area contributed by atoms with Crippen molar-refractivity contribution >= 4 is 27.6 Å². The number of ether oxygens (including phenoxy) is 1. The zero-order valence-electron chi connectivity index (χ0n) is 24.5. The van der Waals surface area contributed by atoms with Gasteiger partial charge >= 0.3 is 6.03 Å². The van der Waals surface area contributed by atoms with E-state index in [2.05, 4.69) is 5.32 Å². The Bertz CT molecular complexity index is 1530. The summed E-state index contributed by atoms with van der Waals surface area (Å²) in [6, 6.07) is 20.0. The van der Waals surface area contributed by atoms with Crippen LogP contribution >= 0.6 is 0 Å². The number of carbonyl (C=O) groups excluding carboxylic acids is 2. The van der Waals surface area contributed by atoms with Gasteiger partial charge < -0.3 is 25.0 Å². The van der Waals surface area contributed by atoms with Crippen molar-refractivity contribution < 1.29 is 27.9 Å². The number of likely N-dealkylation sites (N-methyl/N-ethyl adjacent to an activating group) is 1. The molecule has 3 aromatic rings. The van der Waals surface area contributed by atoms with Crippen LogP contribution in [0.1, 0.15) is 24.2 Å². The molecule has 0 unspecified atom stereocenters. The van der Waals surface area contributed by atoms with Crippen molar-refractivity contribution in [1.82, 2.24) is 14.1 Å². The number of aliphatic hydroxyl groups excluding tert-OH is 1. The lowest BCUT2D eigenvalue weighted by Gasteiger charge is -2.37. The van der Waals surface area contributed by atoms with Crippen molar-refractivity contribution in [3.63, 3.8) is 0 Å². The number of benzene rings is 3. The van der Waals surface area contributed by atoms with Crippen LogP contribution < -0.4 is 10.1 Å². The fraction of sp³-hybridized carbons (Fsp3) is 0.355. The lowest BCUT2D eigenvalue weighted by molar-refractivity contribution is 0.0827. The van der Waals surface area contributed by atoms with E-state index < -0.39 is 22.2 Å². The van der Waals surface area contributed by atoms with Crippen LogP contribution in [0.15, 0.2) is 77.7 Å². The maximum Gasteiger partial charge on any atom is 0.321 e. The van der Waals surface area contributed by atoms with Gasteiger partial charge in [0.05, 0.1) is 13.2 Å². The molecular formula is C31H38N4O6S. The predicted molar refractivity (Wildman–Crippen MR) is 162 cm³/mol. The minimum atomic E-state index is -4.03. The van der Waals surface area contributed by atoms with Gasteiger partial charge in [0.1, 0.15) is 16.7 Å². The van der Waals surface area contributed by atoms with E-state index in [1.54, 1.807) is 70.5 Å². The number of nitrogens with zero attached hydrogens (tertiary/aromatic N) is 3. The van der Waals surface area contributed by atoms with E-state index in [4.69, 9.17) is 4.74 Å². The van der Waals surface area contributed by atoms with Gasteiger partial charge in [-0.05, 0) is 54.4 Å². The summed E-state index contributed by atoms with van der Waals surface area (Å²) in [5.41, 5.74) is 2.54. The van der Waals surface area contributed by atoms with Crippen LogP contribution in [0.2, 0.25) is 0 Å². The predicted octanol–water partition coefficient (Wildman–Crippen LogP) is 3.99. The largest absolute Gasteiger partial charge is 0.487 e. The van der Waals surface area contributed by atoms with Gasteiger partial charge in [0.15, 0.2) is 0 Å². The van der Waals surface area contributed by atoms with Gasteiger partial charge in [0, 0.05) is 50.9 Å². The molecule has 3 atom stereocenters. The number of sulfonamides is 1. The van der Waals surface area contributed by atoms with E-state index in [9.17, 15) is 23.1 Å². The van der Waals surface area contributed by atoms with E-state index in [-0.39, 0.29) is 48.2 Å². The number of aliphatic hydroxyl groups is 1. The normalized spacial score (nSPS) is 18.9. The zero-order valence-corrected chi connectivity index (χ0v) is 25.3. The maximum atomic E-state index is 13.8. The molecule has 4 rings (SSSR count). The highest BCUT2D eigenvalue weighted by Crippen LogP contribution is 2.37. The lowest BCUT2D eigenvalue weighted by atomic mass is 10.0. The number of fused-ring (bicyclic) bond motifs is 1. The summed E-state index contributed by atoms with van der Waals surface area (Å²) in [5, 5.41) is 12.8. The Morgan fingerprint density at radius 1 is 1.02 bits per heavy atom. The number of hydrogen-bond acceptors (Lipinski definition) is 6. The number of urea groups is 1. The van der Waals surface area contributed by atoms with Crippen LogP contribution in [0, 0.1) is 5.92 Å². The van der Waals surface area contributed by atoms with E-state index in [0.29, 0.717) is 16.8 Å². The molecule has 0 saturated heterocycles. The molecular weight excluding hydrogens is 556 g/mol. The summed E-state index contributed by atoms with van der Waals surface area (Å²) in [6.45, 7) is 3.45. The summed E-state index contributed by atoms with van der Waals surface area (Å²) in [5.74, 6) is -0.347. The summed E-state index contributed by atoms with van der Waals surface area (Å²) >= 11 is 0. The first kappa shape index (κ1) is 31.0. The van der Waals surface area contributed by atoms with E-state index in [1.807, 2.05) is 31.2 Å². The quantitative estimate of drug-likeness (QED) is 0.427. The number of para-hydroxylation sites is 1. The van der Waals surface area contributed by atoms with Gasteiger partial charge in [-0.1, -0.05) is 43.3 Å². The third-order valence-corrected chi connectivity index (χ3v) is 9.36. The van der Waals surface area contributed by atoms with Crippen LogP contribution in [-0.2, 0) is 10.0 Å². The number of hydrogen-bond donors (Lipinski definition) is 2. The molecule has 1 aliphatic heterocycles. The van der Waals surface area contributed by atoms with Gasteiger partial charge in [0.2, 0.25) is 10.0 Å². The average molecular weight is 595 g/mol. The standard InChI is InChI=1S/C31H38N4O6S/c1-21-18-35(22(2)20-36)42(39,40)29-15-14-24(23-10-9-11-25(16-23)30(37)33(3)4)17-27(29)41-28(21)19-34(5)31(38)32-26-12-7-6-8-13-26/h6-17,21-22,28,36H,18-20H2,1-5H3,(H,32,38)/t21-,22-,28+/m0/s1. The second-order valence-electron chi connectivity index (χ2n) is 10.9. The van der Waals surface area contributed by atoms with E-state index in [0.717, 1.165) is 5.56 Å². The Balaban J connectivity index is 1.72. The molecule has 10 nitrogen and oxygen atoms in total. The number of carbonyl (C=O) groups is 2. The first-order valence-electron chi connectivity index (χ1n) is 13.7. The van der Waals surface area contributed by atoms with Gasteiger partial charge in [-0.3, -0.25) is 4.79 Å². The highest BCUT2D eigenvalue weighted by molar-refractivity contribution is 7.89. The Hall–Kier alpha value is -3.93. The first-order chi connectivity index (χ1) is 19.9. The number of amides is 3. The highest BCUT2D eigenvalue weighted by Gasteiger charge is 2.38. The Morgan fingerprint density at radius 3 is 2.38 bits per heavy atom. The second-order valence-corrected chi connectivity index (χ2v) is 12.7. The molecule has 0 saturated carbocycles. The smallest absolute Gasteiger partial charge is 0.321 e. The van der Waals surface area contributed by atoms with E-state index in [1.165, 1.54) is 20.2 Å². The topological polar surface area (TPSA) is 119 Å². The lowest BCUT2D eigenvalue weighted by Crippen LogP contribution is -2.50. The molecule has 3 aromatic carbocycles. The molecule has 2 N–H and O–H groups in total. The average Bonchev–Trinajstić information content (AvgIpc) is 2.98. The van der Waals surface area contributed by atoms with Gasteiger partial charge in [-0.15, -0.1) is 0 Å². The van der Waals surface area contributed by atoms with E-state index >= 15 is 0 Å². The molecule has 3 amide bonds. The summed E-state index contributed by atoms with van der Waals surface area (Å²) in [4.78, 5) is 28.5. The maximum absolute atomic E-state index is 13.8. The molecule has 0 fully saturated rings. The summed E-state index contributed by atoms with van der Waals surface area (Å²) < 4.78 is 35.4. The third kappa shape index (κ3) is 6.75. The fourth-order valence-electron chi connectivity index (χ4n) is 4.81. The molecule has 0 radical (unpaired) electrons. The van der Waals surface area contributed by atoms with Crippen LogP contribution in [0.3, 0.4) is 0 Å². The fourth-order valence-corrected chi connectivity index (χ4v) is 6.63. The van der Waals surface area contributed by atoms with Gasteiger partial charge in [-0.2, -0.15) is 4.31 Å². The summed E-state index contributed by atoms with van der Waals surface area (Å²) in [6.07, 6.45) is -0.573. The molecule has 0 aliphatic carbocycles. The van der Waals surface area contributed by atoms with Crippen molar-refractivity contribution in [2.75, 3.05) is 46.2 Å². The molecule has 11 heteroatoms. The minimum Gasteiger partial charge on any atom is -0.487 e. The van der Waals surface area contributed by atoms with Crippen LogP contribution in [0.4, 0.5) is 10.5 Å². The molecule has 224 valence electrons. The number of anilines is 1. The number of nitrogens with one attached hydrogen (secondary N) is 1. The monoisotopic (exact) mass is 594 g/mol. The zero-order chi connectivity index (χ0) is 30.6. The molecule has 1 heterocycles. The SMILES string of the molecule is C[C@H]1CN([C@@H](C)CO)S(=O)(=O)c2ccc(-c3cccc(C(=O)N(C)C)c3)cc2O[C@@H]1CN(C)C(=O)Nc1ccccc1. The summed E-state index contributed by atoms with van der Waals surface area (Å²) in [7, 11) is 0.977. The van der Waals surface area contributed by atoms with Crippen LogP contribution in [-0.4, -0.2) is 92.6 Å². The second kappa shape index (κ2) is 12.9. The van der Waals surface area contributed by atoms with Crippen molar-refractivity contribution in [2.45, 2.75) is 30.9 Å². The van der Waals surface area contributed by atoms with Gasteiger partial charge in [0.25, 0.3) is 5.91 Å². The van der Waals surface area contributed by atoms with Crippen molar-refractivity contribution in [1.29, 1.82) is 0 Å². The Morgan fingerprint density at radius 2 is 1.71 bits per heavy atom. The van der Waals surface area contributed by atoms with Gasteiger partial charge in [-0.25, -0.2) is 13.2 Å². The van der Waals surface area contributed by atoms with Crippen molar-refractivity contribution in [3.05, 3.63) is 78.4 Å². The van der Waals surface area contributed by atoms with Crippen LogP contribution in [0.5, 0.6) is 5.75 Å². The molecule has 0 spiro atoms. The molecule has 1 aliphatic rings. The molecule has 0 bridgehead atoms. The Labute approximate surface area is 247 Å². The Kier molecular flexibility index (Phi) is 9.55. The molecule has 42 heavy (non-hydrogen) atoms. The molecule has 0 aromatic heterocycles. The van der Waals surface area contributed by atoms with Crippen molar-refractivity contribution in [2.24, 2.45) is 5.92 Å². The van der Waals surface area contributed by atoms with Crippen LogP contribution in [0.25, 0.3) is 11.1 Å². The number of rotatable bonds is 7.